The minimum Gasteiger partial charge on any atom is -0.492 e. The summed E-state index contributed by atoms with van der Waals surface area (Å²) in [6.45, 7) is 9.05. The van der Waals surface area contributed by atoms with Gasteiger partial charge in [-0.05, 0) is 18.8 Å². The van der Waals surface area contributed by atoms with Crippen LogP contribution in [-0.4, -0.2) is 19.4 Å². The van der Waals surface area contributed by atoms with Crippen molar-refractivity contribution < 1.29 is 9.53 Å². The van der Waals surface area contributed by atoms with Crippen molar-refractivity contribution in [1.82, 2.24) is 0 Å². The maximum Gasteiger partial charge on any atom is 0.177 e. The highest BCUT2D eigenvalue weighted by Crippen LogP contribution is 2.43. The predicted octanol–water partition coefficient (Wildman–Crippen LogP) is 4.03. The second-order valence-electron chi connectivity index (χ2n) is 5.69. The Balaban J connectivity index is 2.80. The van der Waals surface area contributed by atoms with Gasteiger partial charge in [0.15, 0.2) is 11.5 Å². The molecule has 0 unspecified atom stereocenters. The number of hydrogen-bond acceptors (Lipinski definition) is 5. The predicted molar refractivity (Wildman–Crippen MR) is 87.0 cm³/mol. The molecule has 1 heterocycles. The summed E-state index contributed by atoms with van der Waals surface area (Å²) in [6, 6.07) is 0. The Morgan fingerprint density at radius 3 is 2.50 bits per heavy atom. The number of ketones is 1. The summed E-state index contributed by atoms with van der Waals surface area (Å²) < 4.78 is 5.34. The highest BCUT2D eigenvalue weighted by atomic mass is 32.1. The molecule has 0 atom stereocenters. The third kappa shape index (κ3) is 4.13. The zero-order valence-corrected chi connectivity index (χ0v) is 13.9. The van der Waals surface area contributed by atoms with Crippen LogP contribution in [0, 0.1) is 11.8 Å². The fourth-order valence-corrected chi connectivity index (χ4v) is 3.11. The smallest absolute Gasteiger partial charge is 0.177 e. The van der Waals surface area contributed by atoms with Crippen LogP contribution in [-0.2, 0) is 0 Å². The second-order valence-corrected chi connectivity index (χ2v) is 6.71. The van der Waals surface area contributed by atoms with E-state index in [9.17, 15) is 4.79 Å². The van der Waals surface area contributed by atoms with Crippen LogP contribution < -0.4 is 15.8 Å². The van der Waals surface area contributed by atoms with Crippen LogP contribution in [0.1, 0.15) is 50.2 Å². The molecule has 0 aliphatic rings. The van der Waals surface area contributed by atoms with Crippen molar-refractivity contribution in [3.8, 4) is 5.75 Å². The first-order valence-corrected chi connectivity index (χ1v) is 7.94. The van der Waals surface area contributed by atoms with Crippen molar-refractivity contribution in [1.29, 1.82) is 0 Å². The van der Waals surface area contributed by atoms with E-state index in [1.54, 1.807) is 7.11 Å². The van der Waals surface area contributed by atoms with Crippen molar-refractivity contribution in [2.45, 2.75) is 40.5 Å². The fourth-order valence-electron chi connectivity index (χ4n) is 1.91. The van der Waals surface area contributed by atoms with Crippen LogP contribution in [0.2, 0.25) is 0 Å². The molecule has 0 radical (unpaired) electrons. The third-order valence-electron chi connectivity index (χ3n) is 3.10. The van der Waals surface area contributed by atoms with Crippen molar-refractivity contribution in [3.63, 3.8) is 0 Å². The first kappa shape index (κ1) is 16.8. The van der Waals surface area contributed by atoms with Crippen LogP contribution >= 0.6 is 11.3 Å². The molecule has 20 heavy (non-hydrogen) atoms. The molecule has 1 aromatic heterocycles. The second kappa shape index (κ2) is 7.53. The molecule has 0 saturated carbocycles. The third-order valence-corrected chi connectivity index (χ3v) is 4.25. The van der Waals surface area contributed by atoms with E-state index < -0.39 is 0 Å². The van der Waals surface area contributed by atoms with Crippen molar-refractivity contribution in [2.24, 2.45) is 11.8 Å². The minimum atomic E-state index is -0.0607. The quantitative estimate of drug-likeness (QED) is 0.562. The summed E-state index contributed by atoms with van der Waals surface area (Å²) in [5, 5.41) is 4.19. The maximum atomic E-state index is 12.1. The molecule has 1 aromatic rings. The summed E-state index contributed by atoms with van der Waals surface area (Å²) >= 11 is 1.40. The Hall–Kier alpha value is -1.23. The van der Waals surface area contributed by atoms with Crippen LogP contribution in [0.25, 0.3) is 0 Å². The number of Topliss-reactive ketones (excluding diaryl/α,β-unsaturated/α-hetero) is 1. The number of hydrogen-bond donors (Lipinski definition) is 2. The summed E-state index contributed by atoms with van der Waals surface area (Å²) in [6.07, 6.45) is 2.26. The number of carbonyl (C=O) groups is 1. The molecular weight excluding hydrogens is 272 g/mol. The summed E-state index contributed by atoms with van der Waals surface area (Å²) in [5.74, 6) is 1.31. The van der Waals surface area contributed by atoms with Gasteiger partial charge in [-0.25, -0.2) is 0 Å². The number of nitrogens with two attached hydrogens (primary N) is 1. The molecule has 0 saturated heterocycles. The molecule has 0 amide bonds. The van der Waals surface area contributed by atoms with Crippen molar-refractivity contribution in [3.05, 3.63) is 4.88 Å². The van der Waals surface area contributed by atoms with Crippen LogP contribution in [0.15, 0.2) is 0 Å². The van der Waals surface area contributed by atoms with Crippen LogP contribution in [0.5, 0.6) is 5.75 Å². The lowest BCUT2D eigenvalue weighted by Gasteiger charge is -2.08. The van der Waals surface area contributed by atoms with E-state index in [1.807, 2.05) is 13.8 Å². The van der Waals surface area contributed by atoms with Crippen LogP contribution in [0.4, 0.5) is 10.7 Å². The zero-order valence-electron chi connectivity index (χ0n) is 13.1. The lowest BCUT2D eigenvalue weighted by Crippen LogP contribution is -2.07. The number of carbonyl (C=O) groups excluding carboxylic acids is 1. The average molecular weight is 298 g/mol. The molecular formula is C15H26N2O2S. The van der Waals surface area contributed by atoms with E-state index in [4.69, 9.17) is 10.5 Å². The standard InChI is InChI=1S/C15H26N2O2S/c1-9(2)7-6-8-17-15-13(19-5)11(16)14(20-15)12(18)10(3)4/h9-10,17H,6-8,16H2,1-5H3. The van der Waals surface area contributed by atoms with Gasteiger partial charge in [0.25, 0.3) is 0 Å². The van der Waals surface area contributed by atoms with Gasteiger partial charge >= 0.3 is 0 Å². The first-order valence-electron chi connectivity index (χ1n) is 7.12. The Morgan fingerprint density at radius 1 is 1.35 bits per heavy atom. The Morgan fingerprint density at radius 2 is 2.00 bits per heavy atom. The molecule has 4 nitrogen and oxygen atoms in total. The van der Waals surface area contributed by atoms with Gasteiger partial charge in [-0.3, -0.25) is 4.79 Å². The first-order chi connectivity index (χ1) is 9.38. The highest BCUT2D eigenvalue weighted by molar-refractivity contribution is 7.19. The van der Waals surface area contributed by atoms with Gasteiger partial charge in [0, 0.05) is 12.5 Å². The molecule has 114 valence electrons. The maximum absolute atomic E-state index is 12.1. The fraction of sp³-hybridized carbons (Fsp3) is 0.667. The van der Waals surface area contributed by atoms with Gasteiger partial charge in [-0.2, -0.15) is 0 Å². The highest BCUT2D eigenvalue weighted by Gasteiger charge is 2.23. The Kier molecular flexibility index (Phi) is 6.33. The number of rotatable bonds is 8. The zero-order chi connectivity index (χ0) is 15.3. The van der Waals surface area contributed by atoms with Gasteiger partial charge in [0.05, 0.1) is 17.7 Å². The molecule has 0 spiro atoms. The molecule has 0 bridgehead atoms. The van der Waals surface area contributed by atoms with E-state index in [0.717, 1.165) is 18.0 Å². The number of anilines is 2. The number of nitrogen functional groups attached to an aromatic ring is 1. The minimum absolute atomic E-state index is 0.0607. The largest absolute Gasteiger partial charge is 0.492 e. The number of ether oxygens (including phenoxy) is 1. The Labute approximate surface area is 125 Å². The molecule has 3 N–H and O–H groups in total. The lowest BCUT2D eigenvalue weighted by molar-refractivity contribution is 0.0944. The normalized spacial score (nSPS) is 11.2. The summed E-state index contributed by atoms with van der Waals surface area (Å²) in [5.41, 5.74) is 6.49. The van der Waals surface area contributed by atoms with E-state index in [2.05, 4.69) is 19.2 Å². The molecule has 0 aliphatic carbocycles. The van der Waals surface area contributed by atoms with E-state index in [-0.39, 0.29) is 11.7 Å². The van der Waals surface area contributed by atoms with Gasteiger partial charge in [-0.15, -0.1) is 11.3 Å². The molecule has 0 aromatic carbocycles. The topological polar surface area (TPSA) is 64.3 Å². The van der Waals surface area contributed by atoms with Crippen LogP contribution in [0.3, 0.4) is 0 Å². The Bertz CT molecular complexity index is 453. The van der Waals surface area contributed by atoms with E-state index in [0.29, 0.717) is 22.2 Å². The molecule has 5 heteroatoms. The number of methoxy groups -OCH3 is 1. The molecule has 1 rings (SSSR count). The summed E-state index contributed by atoms with van der Waals surface area (Å²) in [4.78, 5) is 12.7. The van der Waals surface area contributed by atoms with Gasteiger partial charge < -0.3 is 15.8 Å². The van der Waals surface area contributed by atoms with Gasteiger partial charge in [0.1, 0.15) is 5.00 Å². The molecule has 0 fully saturated rings. The van der Waals surface area contributed by atoms with Gasteiger partial charge in [-0.1, -0.05) is 27.7 Å². The van der Waals surface area contributed by atoms with E-state index in [1.165, 1.54) is 17.8 Å². The van der Waals surface area contributed by atoms with Crippen molar-refractivity contribution in [2.75, 3.05) is 24.7 Å². The summed E-state index contributed by atoms with van der Waals surface area (Å²) in [7, 11) is 1.58. The van der Waals surface area contributed by atoms with Gasteiger partial charge in [0.2, 0.25) is 0 Å². The number of nitrogens with one attached hydrogen (secondary N) is 1. The average Bonchev–Trinajstić information content (AvgIpc) is 2.69. The molecule has 0 aliphatic heterocycles. The SMILES string of the molecule is COc1c(NCCCC(C)C)sc(C(=O)C(C)C)c1N. The van der Waals surface area contributed by atoms with Crippen molar-refractivity contribution >= 4 is 27.8 Å². The monoisotopic (exact) mass is 298 g/mol. The number of thiophene rings is 1. The van der Waals surface area contributed by atoms with E-state index >= 15 is 0 Å². The lowest BCUT2D eigenvalue weighted by atomic mass is 10.1.